The highest BCUT2D eigenvalue weighted by molar-refractivity contribution is 14.1. The van der Waals surface area contributed by atoms with E-state index in [0.717, 1.165) is 21.8 Å². The van der Waals surface area contributed by atoms with Gasteiger partial charge in [0.15, 0.2) is 22.3 Å². The number of hydrogen-bond donors (Lipinski definition) is 2. The zero-order valence-corrected chi connectivity index (χ0v) is 24.1. The second-order valence-electron chi connectivity index (χ2n) is 6.57. The summed E-state index contributed by atoms with van der Waals surface area (Å²) in [6.45, 7) is 0. The Bertz CT molecular complexity index is 1490. The van der Waals surface area contributed by atoms with Crippen LogP contribution in [0, 0.1) is 34.0 Å². The van der Waals surface area contributed by atoms with Gasteiger partial charge in [-0.15, -0.1) is 0 Å². The third-order valence-corrected chi connectivity index (χ3v) is 7.36. The summed E-state index contributed by atoms with van der Waals surface area (Å²) < 4.78 is 99.1. The molecule has 36 heavy (non-hydrogen) atoms. The first-order valence-electron chi connectivity index (χ1n) is 8.89. The van der Waals surface area contributed by atoms with Crippen LogP contribution in [0.1, 0.15) is 20.7 Å². The molecule has 3 aromatic rings. The van der Waals surface area contributed by atoms with Crippen molar-refractivity contribution in [1.29, 1.82) is 0 Å². The molecule has 0 saturated heterocycles. The summed E-state index contributed by atoms with van der Waals surface area (Å²) in [5.41, 5.74) is -1.61. The molecule has 0 aliphatic heterocycles. The number of esters is 2. The number of phenolic OH excluding ortho intramolecular Hbond substituents is 1. The summed E-state index contributed by atoms with van der Waals surface area (Å²) in [6, 6.07) is 6.39. The molecule has 0 unspecified atom stereocenters. The highest BCUT2D eigenvalue weighted by atomic mass is 127. The van der Waals surface area contributed by atoms with Gasteiger partial charge in [0.1, 0.15) is 11.3 Å². The fourth-order valence-electron chi connectivity index (χ4n) is 2.75. The van der Waals surface area contributed by atoms with E-state index >= 15 is 0 Å². The Labute approximate surface area is 240 Å². The van der Waals surface area contributed by atoms with Gasteiger partial charge < -0.3 is 14.6 Å². The van der Waals surface area contributed by atoms with Gasteiger partial charge in [-0.1, -0.05) is 6.07 Å². The Hall–Kier alpha value is -1.78. The van der Waals surface area contributed by atoms with Crippen molar-refractivity contribution in [3.05, 3.63) is 75.4 Å². The quantitative estimate of drug-likeness (QED) is 0.0868. The monoisotopic (exact) mass is 864 g/mol. The summed E-state index contributed by atoms with van der Waals surface area (Å²) in [5, 5.41) is 10.1. The SMILES string of the molecule is O=C(Oc1c(I)cc(I)cc1I)c1cccc(O)c1C(=O)Oc1c(F)c(F)c(S(=O)(=O)O)c(F)c1F. The van der Waals surface area contributed by atoms with Crippen molar-refractivity contribution in [3.8, 4) is 17.2 Å². The van der Waals surface area contributed by atoms with Crippen molar-refractivity contribution >= 4 is 89.8 Å². The number of hydrogen-bond acceptors (Lipinski definition) is 7. The standard InChI is InChI=1S/C20H7F4I3O8S/c21-12-14(23)18(36(31,32)33)15(24)13(22)17(12)35-20(30)11-7(2-1-3-10(11)28)19(29)34-16-8(26)4-6(25)5-9(16)27/h1-5,28H,(H,31,32,33). The minimum atomic E-state index is -5.74. The van der Waals surface area contributed by atoms with Crippen LogP contribution in [0.5, 0.6) is 17.2 Å². The molecule has 0 fully saturated rings. The molecule has 0 saturated carbocycles. The molecule has 0 atom stereocenters. The van der Waals surface area contributed by atoms with Crippen molar-refractivity contribution in [2.75, 3.05) is 0 Å². The van der Waals surface area contributed by atoms with Gasteiger partial charge in [-0.2, -0.15) is 17.2 Å². The molecule has 3 rings (SSSR count). The maximum atomic E-state index is 14.3. The molecule has 0 aliphatic rings. The minimum absolute atomic E-state index is 0.103. The van der Waals surface area contributed by atoms with Crippen LogP contribution in [0.4, 0.5) is 17.6 Å². The molecule has 0 aliphatic carbocycles. The Morgan fingerprint density at radius 1 is 0.806 bits per heavy atom. The lowest BCUT2D eigenvalue weighted by molar-refractivity contribution is 0.0677. The van der Waals surface area contributed by atoms with Gasteiger partial charge in [0.25, 0.3) is 0 Å². The number of rotatable bonds is 5. The fraction of sp³-hybridized carbons (Fsp3) is 0. The predicted molar refractivity (Wildman–Crippen MR) is 139 cm³/mol. The van der Waals surface area contributed by atoms with E-state index < -0.39 is 72.8 Å². The van der Waals surface area contributed by atoms with E-state index in [-0.39, 0.29) is 5.75 Å². The van der Waals surface area contributed by atoms with Gasteiger partial charge in [0.2, 0.25) is 17.4 Å². The van der Waals surface area contributed by atoms with Crippen LogP contribution >= 0.6 is 67.8 Å². The highest BCUT2D eigenvalue weighted by Crippen LogP contribution is 2.35. The molecule has 0 heterocycles. The molecule has 0 bridgehead atoms. The van der Waals surface area contributed by atoms with Crippen LogP contribution in [0.25, 0.3) is 0 Å². The second kappa shape index (κ2) is 10.9. The zero-order valence-electron chi connectivity index (χ0n) is 16.8. The summed E-state index contributed by atoms with van der Waals surface area (Å²) in [7, 11) is -5.74. The third kappa shape index (κ3) is 5.70. The fourth-order valence-corrected chi connectivity index (χ4v) is 7.19. The number of halogens is 7. The number of carbonyl (C=O) groups excluding carboxylic acids is 2. The van der Waals surface area contributed by atoms with Crippen LogP contribution < -0.4 is 9.47 Å². The smallest absolute Gasteiger partial charge is 0.348 e. The Morgan fingerprint density at radius 3 is 1.81 bits per heavy atom. The van der Waals surface area contributed by atoms with Gasteiger partial charge >= 0.3 is 22.1 Å². The Morgan fingerprint density at radius 2 is 1.31 bits per heavy atom. The predicted octanol–water partition coefficient (Wildman–Crippen LogP) is 5.45. The molecule has 0 spiro atoms. The van der Waals surface area contributed by atoms with E-state index in [0.29, 0.717) is 7.14 Å². The van der Waals surface area contributed by atoms with Gasteiger partial charge in [0, 0.05) is 3.57 Å². The molecule has 0 amide bonds. The molecule has 2 N–H and O–H groups in total. The molecule has 16 heteroatoms. The number of phenols is 1. The van der Waals surface area contributed by atoms with E-state index in [1.165, 1.54) is 0 Å². The summed E-state index contributed by atoms with van der Waals surface area (Å²) >= 11 is 5.80. The zero-order chi connectivity index (χ0) is 27.1. The van der Waals surface area contributed by atoms with Gasteiger partial charge in [-0.25, -0.2) is 18.4 Å². The summed E-state index contributed by atoms with van der Waals surface area (Å²) in [5.74, 6) is -16.0. The van der Waals surface area contributed by atoms with Crippen molar-refractivity contribution in [2.24, 2.45) is 0 Å². The normalized spacial score (nSPS) is 11.3. The summed E-state index contributed by atoms with van der Waals surface area (Å²) in [6.07, 6.45) is 0. The van der Waals surface area contributed by atoms with Crippen LogP contribution in [-0.4, -0.2) is 30.0 Å². The van der Waals surface area contributed by atoms with Gasteiger partial charge in [-0.3, -0.25) is 4.55 Å². The van der Waals surface area contributed by atoms with Crippen LogP contribution in [-0.2, 0) is 10.1 Å². The molecular weight excluding hydrogens is 857 g/mol. The largest absolute Gasteiger partial charge is 0.507 e. The number of aromatic hydroxyl groups is 1. The van der Waals surface area contributed by atoms with Crippen LogP contribution in [0.2, 0.25) is 0 Å². The molecular formula is C20H7F4I3O8S. The van der Waals surface area contributed by atoms with E-state index in [1.807, 2.05) is 67.8 Å². The molecule has 3 aromatic carbocycles. The van der Waals surface area contributed by atoms with Crippen molar-refractivity contribution < 1.29 is 54.7 Å². The first-order valence-corrected chi connectivity index (χ1v) is 13.6. The van der Waals surface area contributed by atoms with Gasteiger partial charge in [-0.05, 0) is 92.0 Å². The molecule has 190 valence electrons. The lowest BCUT2D eigenvalue weighted by Gasteiger charge is -2.14. The van der Waals surface area contributed by atoms with Crippen molar-refractivity contribution in [1.82, 2.24) is 0 Å². The average Bonchev–Trinajstić information content (AvgIpc) is 2.76. The Balaban J connectivity index is 2.06. The number of carbonyl (C=O) groups is 2. The maximum Gasteiger partial charge on any atom is 0.348 e. The maximum absolute atomic E-state index is 14.3. The number of ether oxygens (including phenoxy) is 2. The van der Waals surface area contributed by atoms with E-state index in [4.69, 9.17) is 9.29 Å². The van der Waals surface area contributed by atoms with Crippen LogP contribution in [0.15, 0.2) is 35.2 Å². The number of benzene rings is 3. The molecule has 0 radical (unpaired) electrons. The van der Waals surface area contributed by atoms with E-state index in [2.05, 4.69) is 4.74 Å². The lowest BCUT2D eigenvalue weighted by atomic mass is 10.1. The summed E-state index contributed by atoms with van der Waals surface area (Å²) in [4.78, 5) is 23.1. The van der Waals surface area contributed by atoms with E-state index in [1.54, 1.807) is 12.1 Å². The van der Waals surface area contributed by atoms with Crippen LogP contribution in [0.3, 0.4) is 0 Å². The average molecular weight is 864 g/mol. The third-order valence-electron chi connectivity index (χ3n) is 4.26. The highest BCUT2D eigenvalue weighted by Gasteiger charge is 2.35. The van der Waals surface area contributed by atoms with Gasteiger partial charge in [0.05, 0.1) is 12.7 Å². The first-order chi connectivity index (χ1) is 16.6. The lowest BCUT2D eigenvalue weighted by Crippen LogP contribution is -2.20. The minimum Gasteiger partial charge on any atom is -0.507 e. The first kappa shape index (κ1) is 28.8. The van der Waals surface area contributed by atoms with Crippen molar-refractivity contribution in [2.45, 2.75) is 4.90 Å². The second-order valence-corrected chi connectivity index (χ2v) is 11.5. The molecule has 0 aromatic heterocycles. The van der Waals surface area contributed by atoms with Crippen molar-refractivity contribution in [3.63, 3.8) is 0 Å². The molecule has 8 nitrogen and oxygen atoms in total. The topological polar surface area (TPSA) is 127 Å². The Kier molecular flexibility index (Phi) is 8.72. The van der Waals surface area contributed by atoms with E-state index in [9.17, 15) is 40.7 Å².